The van der Waals surface area contributed by atoms with Gasteiger partial charge in [-0.2, -0.15) is 0 Å². The summed E-state index contributed by atoms with van der Waals surface area (Å²) in [5.74, 6) is -2.36. The SMILES string of the molecule is C[C@H](Nc1nnc(-c2ccccc2)o1)C(=O)N1CCC2(CC1)CCC2(F)F. The second kappa shape index (κ2) is 6.58. The molecule has 1 aromatic carbocycles. The fourth-order valence-corrected chi connectivity index (χ4v) is 3.94. The van der Waals surface area contributed by atoms with E-state index in [4.69, 9.17) is 4.42 Å². The second-order valence-electron chi connectivity index (χ2n) is 7.45. The molecule has 27 heavy (non-hydrogen) atoms. The van der Waals surface area contributed by atoms with E-state index in [1.54, 1.807) is 11.8 Å². The van der Waals surface area contributed by atoms with E-state index in [-0.39, 0.29) is 18.3 Å². The number of rotatable bonds is 4. The first-order chi connectivity index (χ1) is 12.9. The lowest BCUT2D eigenvalue weighted by Crippen LogP contribution is -2.58. The molecule has 1 saturated heterocycles. The van der Waals surface area contributed by atoms with Gasteiger partial charge in [-0.05, 0) is 38.3 Å². The van der Waals surface area contributed by atoms with Crippen LogP contribution in [-0.2, 0) is 4.79 Å². The molecular formula is C19H22F2N4O2. The number of alkyl halides is 2. The minimum atomic E-state index is -2.58. The van der Waals surface area contributed by atoms with Crippen molar-refractivity contribution in [3.05, 3.63) is 30.3 Å². The summed E-state index contributed by atoms with van der Waals surface area (Å²) in [5, 5.41) is 10.8. The van der Waals surface area contributed by atoms with Gasteiger partial charge in [0.2, 0.25) is 11.8 Å². The number of carbonyl (C=O) groups is 1. The van der Waals surface area contributed by atoms with Crippen molar-refractivity contribution in [3.8, 4) is 11.5 Å². The van der Waals surface area contributed by atoms with Crippen LogP contribution in [0.3, 0.4) is 0 Å². The van der Waals surface area contributed by atoms with Crippen molar-refractivity contribution in [1.29, 1.82) is 0 Å². The molecular weight excluding hydrogens is 354 g/mol. The van der Waals surface area contributed by atoms with Crippen LogP contribution in [0.4, 0.5) is 14.8 Å². The van der Waals surface area contributed by atoms with Crippen molar-refractivity contribution in [2.45, 2.75) is 44.6 Å². The van der Waals surface area contributed by atoms with Gasteiger partial charge < -0.3 is 14.6 Å². The Bertz CT molecular complexity index is 816. The molecule has 0 radical (unpaired) electrons. The van der Waals surface area contributed by atoms with E-state index in [2.05, 4.69) is 15.5 Å². The van der Waals surface area contributed by atoms with Crippen molar-refractivity contribution in [3.63, 3.8) is 0 Å². The van der Waals surface area contributed by atoms with Crippen LogP contribution in [0.15, 0.2) is 34.7 Å². The number of piperidine rings is 1. The number of anilines is 1. The summed E-state index contributed by atoms with van der Waals surface area (Å²) in [6, 6.07) is 8.92. The zero-order valence-corrected chi connectivity index (χ0v) is 15.1. The third-order valence-electron chi connectivity index (χ3n) is 5.88. The lowest BCUT2D eigenvalue weighted by molar-refractivity contribution is -0.220. The van der Waals surface area contributed by atoms with E-state index in [0.29, 0.717) is 38.2 Å². The van der Waals surface area contributed by atoms with Gasteiger partial charge in [0, 0.05) is 30.5 Å². The van der Waals surface area contributed by atoms with Gasteiger partial charge in [-0.15, -0.1) is 5.10 Å². The summed E-state index contributed by atoms with van der Waals surface area (Å²) in [6.07, 6.45) is 1.24. The van der Waals surface area contributed by atoms with Crippen LogP contribution < -0.4 is 5.32 Å². The van der Waals surface area contributed by atoms with Gasteiger partial charge in [-0.3, -0.25) is 4.79 Å². The van der Waals surface area contributed by atoms with Crippen LogP contribution in [0.1, 0.15) is 32.6 Å². The third kappa shape index (κ3) is 3.17. The van der Waals surface area contributed by atoms with Crippen LogP contribution in [0.5, 0.6) is 0 Å². The summed E-state index contributed by atoms with van der Waals surface area (Å²) in [6.45, 7) is 2.43. The van der Waals surface area contributed by atoms with Gasteiger partial charge in [-0.25, -0.2) is 8.78 Å². The van der Waals surface area contributed by atoms with E-state index in [1.165, 1.54) is 0 Å². The van der Waals surface area contributed by atoms with Gasteiger partial charge in [0.25, 0.3) is 5.92 Å². The molecule has 4 rings (SSSR count). The van der Waals surface area contributed by atoms with E-state index in [9.17, 15) is 13.6 Å². The largest absolute Gasteiger partial charge is 0.403 e. The first-order valence-corrected chi connectivity index (χ1v) is 9.22. The molecule has 0 bridgehead atoms. The second-order valence-corrected chi connectivity index (χ2v) is 7.45. The summed E-state index contributed by atoms with van der Waals surface area (Å²) in [7, 11) is 0. The van der Waals surface area contributed by atoms with Gasteiger partial charge in [0.05, 0.1) is 0 Å². The molecule has 6 nitrogen and oxygen atoms in total. The fraction of sp³-hybridized carbons (Fsp3) is 0.526. The molecule has 1 saturated carbocycles. The number of likely N-dealkylation sites (tertiary alicyclic amines) is 1. The number of aromatic nitrogens is 2. The molecule has 2 fully saturated rings. The fourth-order valence-electron chi connectivity index (χ4n) is 3.94. The molecule has 1 atom stereocenters. The van der Waals surface area contributed by atoms with Crippen LogP contribution in [0, 0.1) is 5.41 Å². The quantitative estimate of drug-likeness (QED) is 0.883. The van der Waals surface area contributed by atoms with Crippen LogP contribution >= 0.6 is 0 Å². The number of benzene rings is 1. The standard InChI is InChI=1S/C19H22F2N4O2/c1-13(22-17-24-23-15(27-17)14-5-3-2-4-6-14)16(26)25-11-9-18(10-12-25)7-8-19(18,20)21/h2-6,13H,7-12H2,1H3,(H,22,24)/t13-/m0/s1. The topological polar surface area (TPSA) is 71.3 Å². The molecule has 2 aliphatic rings. The highest BCUT2D eigenvalue weighted by atomic mass is 19.3. The van der Waals surface area contributed by atoms with E-state index >= 15 is 0 Å². The molecule has 1 N–H and O–H groups in total. The number of hydrogen-bond acceptors (Lipinski definition) is 5. The van der Waals surface area contributed by atoms with Crippen molar-refractivity contribution in [1.82, 2.24) is 15.1 Å². The Morgan fingerprint density at radius 2 is 1.85 bits per heavy atom. The molecule has 1 spiro atoms. The number of amides is 1. The summed E-state index contributed by atoms with van der Waals surface area (Å²) in [5.41, 5.74) is -0.0999. The highest BCUT2D eigenvalue weighted by molar-refractivity contribution is 5.83. The molecule has 1 aromatic heterocycles. The third-order valence-corrected chi connectivity index (χ3v) is 5.88. The van der Waals surface area contributed by atoms with Crippen molar-refractivity contribution in [2.75, 3.05) is 18.4 Å². The number of nitrogens with zero attached hydrogens (tertiary/aromatic N) is 3. The molecule has 8 heteroatoms. The molecule has 1 aliphatic heterocycles. The van der Waals surface area contributed by atoms with E-state index in [1.807, 2.05) is 30.3 Å². The first-order valence-electron chi connectivity index (χ1n) is 9.22. The lowest BCUT2D eigenvalue weighted by Gasteiger charge is -2.53. The Morgan fingerprint density at radius 1 is 1.15 bits per heavy atom. The van der Waals surface area contributed by atoms with Crippen molar-refractivity contribution in [2.24, 2.45) is 5.41 Å². The average Bonchev–Trinajstić information content (AvgIpc) is 3.16. The molecule has 1 aliphatic carbocycles. The Kier molecular flexibility index (Phi) is 4.36. The average molecular weight is 376 g/mol. The van der Waals surface area contributed by atoms with Crippen LogP contribution in [0.25, 0.3) is 11.5 Å². The zero-order valence-electron chi connectivity index (χ0n) is 15.1. The maximum absolute atomic E-state index is 13.9. The summed E-state index contributed by atoms with van der Waals surface area (Å²) < 4.78 is 33.3. The monoisotopic (exact) mass is 376 g/mol. The maximum atomic E-state index is 13.9. The number of carbonyl (C=O) groups excluding carboxylic acids is 1. The maximum Gasteiger partial charge on any atom is 0.316 e. The smallest absolute Gasteiger partial charge is 0.316 e. The van der Waals surface area contributed by atoms with Gasteiger partial charge >= 0.3 is 6.01 Å². The zero-order chi connectivity index (χ0) is 19.1. The van der Waals surface area contributed by atoms with Crippen LogP contribution in [0.2, 0.25) is 0 Å². The molecule has 144 valence electrons. The highest BCUT2D eigenvalue weighted by Crippen LogP contribution is 2.59. The summed E-state index contributed by atoms with van der Waals surface area (Å²) >= 11 is 0. The Balaban J connectivity index is 1.34. The predicted octanol–water partition coefficient (Wildman–Crippen LogP) is 3.57. The minimum absolute atomic E-state index is 0.0280. The number of halogens is 2. The molecule has 2 aromatic rings. The lowest BCUT2D eigenvalue weighted by atomic mass is 9.60. The van der Waals surface area contributed by atoms with Crippen molar-refractivity contribution < 1.29 is 18.0 Å². The van der Waals surface area contributed by atoms with E-state index < -0.39 is 17.4 Å². The van der Waals surface area contributed by atoms with Crippen molar-refractivity contribution >= 4 is 11.9 Å². The predicted molar refractivity (Wildman–Crippen MR) is 95.2 cm³/mol. The summed E-state index contributed by atoms with van der Waals surface area (Å²) in [4.78, 5) is 14.3. The Morgan fingerprint density at radius 3 is 2.44 bits per heavy atom. The molecule has 0 unspecified atom stereocenters. The van der Waals surface area contributed by atoms with Gasteiger partial charge in [0.1, 0.15) is 6.04 Å². The normalized spacial score (nSPS) is 21.5. The van der Waals surface area contributed by atoms with Gasteiger partial charge in [0.15, 0.2) is 0 Å². The van der Waals surface area contributed by atoms with Crippen LogP contribution in [-0.4, -0.2) is 46.1 Å². The molecule has 1 amide bonds. The van der Waals surface area contributed by atoms with Gasteiger partial charge in [-0.1, -0.05) is 23.3 Å². The Hall–Kier alpha value is -2.51. The number of hydrogen-bond donors (Lipinski definition) is 1. The highest BCUT2D eigenvalue weighted by Gasteiger charge is 2.61. The number of nitrogens with one attached hydrogen (secondary N) is 1. The Labute approximate surface area is 155 Å². The first kappa shape index (κ1) is 17.9. The molecule has 2 heterocycles. The van der Waals surface area contributed by atoms with E-state index in [0.717, 1.165) is 5.56 Å². The minimum Gasteiger partial charge on any atom is -0.403 e.